The average molecular weight is 374 g/mol. The number of imidazole rings is 1. The van der Waals surface area contributed by atoms with Gasteiger partial charge in [0.05, 0.1) is 24.1 Å². The lowest BCUT2D eigenvalue weighted by atomic mass is 10.1. The Morgan fingerprint density at radius 2 is 1.93 bits per heavy atom. The Morgan fingerprint density at radius 1 is 1.11 bits per heavy atom. The van der Waals surface area contributed by atoms with Crippen molar-refractivity contribution in [2.24, 2.45) is 7.05 Å². The van der Waals surface area contributed by atoms with Crippen LogP contribution in [0.1, 0.15) is 10.4 Å². The molecule has 0 aliphatic rings. The smallest absolute Gasteiger partial charge is 0.266 e. The Morgan fingerprint density at radius 3 is 2.75 bits per heavy atom. The number of fused-ring (bicyclic) bond motifs is 1. The van der Waals surface area contributed by atoms with Crippen LogP contribution in [-0.2, 0) is 13.6 Å². The fraction of sp³-hybridized carbons (Fsp3) is 0.150. The summed E-state index contributed by atoms with van der Waals surface area (Å²) in [7, 11) is 1.84. The van der Waals surface area contributed by atoms with E-state index in [2.05, 4.69) is 20.4 Å². The van der Waals surface area contributed by atoms with E-state index < -0.39 is 0 Å². The highest BCUT2D eigenvalue weighted by molar-refractivity contribution is 5.96. The van der Waals surface area contributed by atoms with Crippen molar-refractivity contribution in [2.45, 2.75) is 6.54 Å². The van der Waals surface area contributed by atoms with Gasteiger partial charge in [0.25, 0.3) is 11.5 Å². The van der Waals surface area contributed by atoms with E-state index in [9.17, 15) is 9.59 Å². The van der Waals surface area contributed by atoms with E-state index in [4.69, 9.17) is 0 Å². The van der Waals surface area contributed by atoms with E-state index >= 15 is 0 Å². The highest BCUT2D eigenvalue weighted by atomic mass is 16.2. The first-order valence-corrected chi connectivity index (χ1v) is 8.81. The number of hydrogen-bond donors (Lipinski definition) is 1. The summed E-state index contributed by atoms with van der Waals surface area (Å²) in [6, 6.07) is 14.5. The summed E-state index contributed by atoms with van der Waals surface area (Å²) in [5.41, 5.74) is 3.20. The second kappa shape index (κ2) is 7.43. The van der Waals surface area contributed by atoms with Crippen LogP contribution in [0.3, 0.4) is 0 Å². The molecule has 0 aliphatic carbocycles. The molecular weight excluding hydrogens is 356 g/mol. The summed E-state index contributed by atoms with van der Waals surface area (Å²) >= 11 is 0. The molecule has 3 heterocycles. The van der Waals surface area contributed by atoms with E-state index in [1.807, 2.05) is 37.4 Å². The third-order valence-corrected chi connectivity index (χ3v) is 4.36. The maximum Gasteiger partial charge on any atom is 0.266 e. The molecule has 0 unspecified atom stereocenters. The predicted octanol–water partition coefficient (Wildman–Crippen LogP) is 1.62. The van der Waals surface area contributed by atoms with Crippen LogP contribution in [0, 0.1) is 0 Å². The molecule has 0 spiro atoms. The Kier molecular flexibility index (Phi) is 4.67. The van der Waals surface area contributed by atoms with E-state index in [-0.39, 0.29) is 24.6 Å². The standard InChI is InChI=1S/C20H18N6O2/c1-25-13-23-17-11-15(12-22-19(17)25)20(28)21-9-10-26-18(27)8-7-16(24-26)14-5-3-2-4-6-14/h2-8,11-13H,9-10H2,1H3,(H,21,28). The minimum absolute atomic E-state index is 0.217. The van der Waals surface area contributed by atoms with Gasteiger partial charge in [0, 0.05) is 31.4 Å². The molecule has 0 fully saturated rings. The van der Waals surface area contributed by atoms with Crippen molar-refractivity contribution in [3.8, 4) is 11.3 Å². The molecule has 0 bridgehead atoms. The number of carbonyl (C=O) groups is 1. The number of pyridine rings is 1. The van der Waals surface area contributed by atoms with Gasteiger partial charge in [0.1, 0.15) is 5.52 Å². The number of nitrogens with zero attached hydrogens (tertiary/aromatic N) is 5. The van der Waals surface area contributed by atoms with Gasteiger partial charge in [0.2, 0.25) is 0 Å². The van der Waals surface area contributed by atoms with E-state index in [0.29, 0.717) is 22.4 Å². The van der Waals surface area contributed by atoms with Gasteiger partial charge >= 0.3 is 0 Å². The maximum absolute atomic E-state index is 12.4. The first kappa shape index (κ1) is 17.6. The summed E-state index contributed by atoms with van der Waals surface area (Å²) in [6.07, 6.45) is 3.16. The summed E-state index contributed by atoms with van der Waals surface area (Å²) < 4.78 is 3.14. The molecular formula is C20H18N6O2. The summed E-state index contributed by atoms with van der Waals surface area (Å²) in [5, 5.41) is 7.18. The highest BCUT2D eigenvalue weighted by Gasteiger charge is 2.10. The van der Waals surface area contributed by atoms with Crippen LogP contribution in [0.4, 0.5) is 0 Å². The number of carbonyl (C=O) groups excluding carboxylic acids is 1. The zero-order valence-corrected chi connectivity index (χ0v) is 15.2. The number of aryl methyl sites for hydroxylation is 1. The molecule has 1 amide bonds. The highest BCUT2D eigenvalue weighted by Crippen LogP contribution is 2.14. The lowest BCUT2D eigenvalue weighted by molar-refractivity contribution is 0.0951. The van der Waals surface area contributed by atoms with Gasteiger partial charge < -0.3 is 9.88 Å². The maximum atomic E-state index is 12.4. The lowest BCUT2D eigenvalue weighted by Gasteiger charge is -2.08. The van der Waals surface area contributed by atoms with Crippen LogP contribution in [0.2, 0.25) is 0 Å². The minimum Gasteiger partial charge on any atom is -0.350 e. The lowest BCUT2D eigenvalue weighted by Crippen LogP contribution is -2.32. The van der Waals surface area contributed by atoms with E-state index in [0.717, 1.165) is 5.56 Å². The Hall–Kier alpha value is -3.81. The summed E-state index contributed by atoms with van der Waals surface area (Å²) in [6.45, 7) is 0.536. The molecule has 8 nitrogen and oxygen atoms in total. The normalized spacial score (nSPS) is 10.9. The summed E-state index contributed by atoms with van der Waals surface area (Å²) in [5.74, 6) is -0.271. The Labute approximate surface area is 160 Å². The molecule has 3 aromatic heterocycles. The van der Waals surface area contributed by atoms with Gasteiger partial charge in [-0.05, 0) is 12.1 Å². The van der Waals surface area contributed by atoms with Gasteiger partial charge in [-0.25, -0.2) is 14.6 Å². The van der Waals surface area contributed by atoms with Crippen molar-refractivity contribution in [1.82, 2.24) is 29.6 Å². The molecule has 1 aromatic carbocycles. The van der Waals surface area contributed by atoms with Crippen molar-refractivity contribution < 1.29 is 4.79 Å². The molecule has 140 valence electrons. The fourth-order valence-corrected chi connectivity index (χ4v) is 2.89. The number of hydrogen-bond acceptors (Lipinski definition) is 5. The Bertz CT molecular complexity index is 1200. The zero-order valence-electron chi connectivity index (χ0n) is 15.2. The largest absolute Gasteiger partial charge is 0.350 e. The number of amides is 1. The van der Waals surface area contributed by atoms with Crippen molar-refractivity contribution in [3.63, 3.8) is 0 Å². The van der Waals surface area contributed by atoms with Gasteiger partial charge in [-0.15, -0.1) is 0 Å². The van der Waals surface area contributed by atoms with Gasteiger partial charge in [-0.2, -0.15) is 5.10 Å². The van der Waals surface area contributed by atoms with Crippen molar-refractivity contribution in [2.75, 3.05) is 6.54 Å². The number of nitrogens with one attached hydrogen (secondary N) is 1. The molecule has 0 aliphatic heterocycles. The molecule has 0 atom stereocenters. The SMILES string of the molecule is Cn1cnc2cc(C(=O)NCCn3nc(-c4ccccc4)ccc3=O)cnc21. The predicted molar refractivity (Wildman–Crippen MR) is 105 cm³/mol. The van der Waals surface area contributed by atoms with Crippen molar-refractivity contribution in [1.29, 1.82) is 0 Å². The van der Waals surface area contributed by atoms with Crippen LogP contribution in [0.5, 0.6) is 0 Å². The third kappa shape index (κ3) is 3.52. The summed E-state index contributed by atoms with van der Waals surface area (Å²) in [4.78, 5) is 32.9. The van der Waals surface area contributed by atoms with Crippen LogP contribution in [0.15, 0.2) is 65.8 Å². The van der Waals surface area contributed by atoms with Gasteiger partial charge in [-0.3, -0.25) is 9.59 Å². The van der Waals surface area contributed by atoms with E-state index in [1.54, 1.807) is 23.0 Å². The van der Waals surface area contributed by atoms with Gasteiger partial charge in [0.15, 0.2) is 5.65 Å². The fourth-order valence-electron chi connectivity index (χ4n) is 2.89. The number of rotatable bonds is 5. The van der Waals surface area contributed by atoms with E-state index in [1.165, 1.54) is 16.9 Å². The molecule has 4 rings (SSSR count). The molecule has 0 saturated heterocycles. The monoisotopic (exact) mass is 374 g/mol. The average Bonchev–Trinajstić information content (AvgIpc) is 3.10. The number of benzene rings is 1. The molecule has 0 saturated carbocycles. The first-order chi connectivity index (χ1) is 13.6. The van der Waals surface area contributed by atoms with Crippen LogP contribution >= 0.6 is 0 Å². The van der Waals surface area contributed by atoms with Crippen LogP contribution < -0.4 is 10.9 Å². The molecule has 28 heavy (non-hydrogen) atoms. The molecule has 8 heteroatoms. The van der Waals surface area contributed by atoms with Crippen molar-refractivity contribution in [3.05, 3.63) is 77.0 Å². The second-order valence-corrected chi connectivity index (χ2v) is 6.32. The topological polar surface area (TPSA) is 94.7 Å². The molecule has 0 radical (unpaired) electrons. The molecule has 1 N–H and O–H groups in total. The number of aromatic nitrogens is 5. The minimum atomic E-state index is -0.271. The quantitative estimate of drug-likeness (QED) is 0.573. The zero-order chi connectivity index (χ0) is 19.5. The third-order valence-electron chi connectivity index (χ3n) is 4.36. The second-order valence-electron chi connectivity index (χ2n) is 6.32. The molecule has 4 aromatic rings. The van der Waals surface area contributed by atoms with Gasteiger partial charge in [-0.1, -0.05) is 30.3 Å². The Balaban J connectivity index is 1.44. The van der Waals surface area contributed by atoms with Crippen molar-refractivity contribution >= 4 is 17.1 Å². The van der Waals surface area contributed by atoms with Crippen LogP contribution in [-0.4, -0.2) is 36.8 Å². The van der Waals surface area contributed by atoms with Crippen LogP contribution in [0.25, 0.3) is 22.4 Å². The first-order valence-electron chi connectivity index (χ1n) is 8.81.